The number of carbonyl (C=O) groups is 1. The lowest BCUT2D eigenvalue weighted by atomic mass is 9.85. The Bertz CT molecular complexity index is 399. The van der Waals surface area contributed by atoms with Crippen LogP contribution in [0.5, 0.6) is 0 Å². The van der Waals surface area contributed by atoms with Crippen LogP contribution >= 0.6 is 0 Å². The van der Waals surface area contributed by atoms with Crippen LogP contribution in [0.3, 0.4) is 0 Å². The van der Waals surface area contributed by atoms with Crippen molar-refractivity contribution < 1.29 is 4.79 Å². The summed E-state index contributed by atoms with van der Waals surface area (Å²) in [7, 11) is 1.90. The van der Waals surface area contributed by atoms with Gasteiger partial charge in [-0.3, -0.25) is 9.78 Å². The molecule has 104 valence electrons. The highest BCUT2D eigenvalue weighted by Crippen LogP contribution is 2.24. The molecule has 4 heteroatoms. The maximum absolute atomic E-state index is 12.3. The number of likely N-dealkylation sites (N-methyl/N-ethyl adjacent to an activating group) is 1. The van der Waals surface area contributed by atoms with Gasteiger partial charge in [-0.1, -0.05) is 0 Å². The van der Waals surface area contributed by atoms with Crippen molar-refractivity contribution in [3.63, 3.8) is 0 Å². The molecule has 0 radical (unpaired) electrons. The van der Waals surface area contributed by atoms with Gasteiger partial charge < -0.3 is 10.6 Å². The number of carbonyl (C=O) groups excluding carboxylic acids is 1. The van der Waals surface area contributed by atoms with E-state index < -0.39 is 0 Å². The molecule has 1 aliphatic carbocycles. The second-order valence-electron chi connectivity index (χ2n) is 5.48. The van der Waals surface area contributed by atoms with Gasteiger partial charge in [-0.2, -0.15) is 0 Å². The van der Waals surface area contributed by atoms with Gasteiger partial charge in [0.05, 0.1) is 0 Å². The van der Waals surface area contributed by atoms with Crippen LogP contribution in [-0.4, -0.2) is 35.4 Å². The zero-order chi connectivity index (χ0) is 13.7. The topological polar surface area (TPSA) is 59.2 Å². The van der Waals surface area contributed by atoms with E-state index in [9.17, 15) is 4.79 Å². The molecule has 1 saturated carbocycles. The van der Waals surface area contributed by atoms with Gasteiger partial charge >= 0.3 is 0 Å². The molecule has 0 atom stereocenters. The summed E-state index contributed by atoms with van der Waals surface area (Å²) in [5.74, 6) is 0.461. The third kappa shape index (κ3) is 4.03. The van der Waals surface area contributed by atoms with Gasteiger partial charge in [0, 0.05) is 37.9 Å². The second-order valence-corrected chi connectivity index (χ2v) is 5.48. The summed E-state index contributed by atoms with van der Waals surface area (Å²) in [6, 6.07) is 4.29. The number of aromatic nitrogens is 1. The van der Waals surface area contributed by atoms with E-state index in [-0.39, 0.29) is 11.8 Å². The van der Waals surface area contributed by atoms with Gasteiger partial charge in [0.2, 0.25) is 5.91 Å². The molecule has 19 heavy (non-hydrogen) atoms. The third-order valence-corrected chi connectivity index (χ3v) is 3.98. The number of hydrogen-bond acceptors (Lipinski definition) is 3. The fourth-order valence-electron chi connectivity index (χ4n) is 2.63. The number of amides is 1. The third-order valence-electron chi connectivity index (χ3n) is 3.98. The maximum Gasteiger partial charge on any atom is 0.225 e. The second kappa shape index (κ2) is 6.66. The molecule has 0 saturated heterocycles. The average Bonchev–Trinajstić information content (AvgIpc) is 2.46. The Hall–Kier alpha value is -1.42. The highest BCUT2D eigenvalue weighted by molar-refractivity contribution is 5.78. The summed E-state index contributed by atoms with van der Waals surface area (Å²) < 4.78 is 0. The van der Waals surface area contributed by atoms with Crippen LogP contribution in [0.25, 0.3) is 0 Å². The lowest BCUT2D eigenvalue weighted by Gasteiger charge is -2.29. The molecule has 0 aliphatic heterocycles. The van der Waals surface area contributed by atoms with Crippen molar-refractivity contribution in [1.82, 2.24) is 9.88 Å². The number of pyridine rings is 1. The Morgan fingerprint density at radius 2 is 1.95 bits per heavy atom. The molecule has 1 fully saturated rings. The van der Waals surface area contributed by atoms with E-state index in [0.29, 0.717) is 6.04 Å². The minimum atomic E-state index is 0.183. The molecule has 4 nitrogen and oxygen atoms in total. The van der Waals surface area contributed by atoms with Crippen LogP contribution in [0.4, 0.5) is 0 Å². The summed E-state index contributed by atoms with van der Waals surface area (Å²) >= 11 is 0. The number of rotatable bonds is 4. The molecule has 1 aliphatic rings. The molecular weight excluding hydrogens is 238 g/mol. The Morgan fingerprint density at radius 1 is 1.32 bits per heavy atom. The first kappa shape index (κ1) is 14.0. The van der Waals surface area contributed by atoms with E-state index >= 15 is 0 Å². The summed E-state index contributed by atoms with van der Waals surface area (Å²) in [5.41, 5.74) is 7.10. The van der Waals surface area contributed by atoms with Crippen molar-refractivity contribution in [2.24, 2.45) is 11.7 Å². The van der Waals surface area contributed by atoms with Crippen LogP contribution < -0.4 is 5.73 Å². The predicted octanol–water partition coefficient (Wildman–Crippen LogP) is 1.60. The molecule has 0 spiro atoms. The van der Waals surface area contributed by atoms with Gasteiger partial charge in [0.25, 0.3) is 0 Å². The molecule has 2 rings (SSSR count). The van der Waals surface area contributed by atoms with Crippen molar-refractivity contribution in [3.05, 3.63) is 30.1 Å². The number of hydrogen-bond donors (Lipinski definition) is 1. The first-order valence-electron chi connectivity index (χ1n) is 7.06. The van der Waals surface area contributed by atoms with Gasteiger partial charge in [0.1, 0.15) is 0 Å². The minimum absolute atomic E-state index is 0.183. The first-order chi connectivity index (χ1) is 9.16. The zero-order valence-corrected chi connectivity index (χ0v) is 11.6. The summed E-state index contributed by atoms with van der Waals surface area (Å²) in [6.07, 6.45) is 8.32. The molecule has 0 aromatic carbocycles. The van der Waals surface area contributed by atoms with Crippen LogP contribution in [0.15, 0.2) is 24.5 Å². The smallest absolute Gasteiger partial charge is 0.225 e. The molecule has 0 bridgehead atoms. The van der Waals surface area contributed by atoms with Crippen molar-refractivity contribution in [2.75, 3.05) is 13.6 Å². The summed E-state index contributed by atoms with van der Waals surface area (Å²) in [5, 5.41) is 0. The predicted molar refractivity (Wildman–Crippen MR) is 75.5 cm³/mol. The van der Waals surface area contributed by atoms with Gasteiger partial charge in [-0.15, -0.1) is 0 Å². The highest BCUT2D eigenvalue weighted by atomic mass is 16.2. The quantitative estimate of drug-likeness (QED) is 0.895. The van der Waals surface area contributed by atoms with Gasteiger partial charge in [0.15, 0.2) is 0 Å². The molecule has 1 aromatic heterocycles. The zero-order valence-electron chi connectivity index (χ0n) is 11.6. The average molecular weight is 261 g/mol. The standard InChI is InChI=1S/C15H23N3O/c1-18(11-8-12-6-9-17-10-7-12)15(19)13-2-4-14(16)5-3-13/h6-7,9-10,13-14H,2-5,8,11,16H2,1H3. The monoisotopic (exact) mass is 261 g/mol. The Kier molecular flexibility index (Phi) is 4.91. The number of nitrogens with zero attached hydrogens (tertiary/aromatic N) is 2. The van der Waals surface area contributed by atoms with E-state index in [2.05, 4.69) is 4.98 Å². The van der Waals surface area contributed by atoms with E-state index in [1.807, 2.05) is 24.1 Å². The van der Waals surface area contributed by atoms with E-state index in [0.717, 1.165) is 38.6 Å². The molecule has 2 N–H and O–H groups in total. The molecule has 1 heterocycles. The van der Waals surface area contributed by atoms with Crippen LogP contribution in [-0.2, 0) is 11.2 Å². The molecule has 1 amide bonds. The lowest BCUT2D eigenvalue weighted by Crippen LogP contribution is -2.38. The van der Waals surface area contributed by atoms with Crippen molar-refractivity contribution in [2.45, 2.75) is 38.1 Å². The van der Waals surface area contributed by atoms with Crippen LogP contribution in [0.2, 0.25) is 0 Å². The van der Waals surface area contributed by atoms with Crippen molar-refractivity contribution in [1.29, 1.82) is 0 Å². The maximum atomic E-state index is 12.3. The Balaban J connectivity index is 1.79. The minimum Gasteiger partial charge on any atom is -0.345 e. The van der Waals surface area contributed by atoms with Crippen molar-refractivity contribution >= 4 is 5.91 Å². The lowest BCUT2D eigenvalue weighted by molar-refractivity contribution is -0.135. The van der Waals surface area contributed by atoms with Gasteiger partial charge in [-0.25, -0.2) is 0 Å². The largest absolute Gasteiger partial charge is 0.345 e. The summed E-state index contributed by atoms with van der Waals surface area (Å²) in [6.45, 7) is 0.769. The van der Waals surface area contributed by atoms with Crippen molar-refractivity contribution in [3.8, 4) is 0 Å². The summed E-state index contributed by atoms with van der Waals surface area (Å²) in [4.78, 5) is 18.2. The number of nitrogens with two attached hydrogens (primary N) is 1. The van der Waals surface area contributed by atoms with E-state index in [4.69, 9.17) is 5.73 Å². The van der Waals surface area contributed by atoms with Gasteiger partial charge in [-0.05, 0) is 49.8 Å². The first-order valence-corrected chi connectivity index (χ1v) is 7.06. The van der Waals surface area contributed by atoms with E-state index in [1.54, 1.807) is 12.4 Å². The van der Waals surface area contributed by atoms with Crippen LogP contribution in [0, 0.1) is 5.92 Å². The normalized spacial score (nSPS) is 23.1. The molecule has 1 aromatic rings. The fourth-order valence-corrected chi connectivity index (χ4v) is 2.63. The highest BCUT2D eigenvalue weighted by Gasteiger charge is 2.26. The van der Waals surface area contributed by atoms with E-state index in [1.165, 1.54) is 5.56 Å². The SMILES string of the molecule is CN(CCc1ccncc1)C(=O)C1CCC(N)CC1. The Morgan fingerprint density at radius 3 is 2.58 bits per heavy atom. The molecular formula is C15H23N3O. The van der Waals surface area contributed by atoms with Crippen LogP contribution in [0.1, 0.15) is 31.2 Å². The molecule has 0 unspecified atom stereocenters. The fraction of sp³-hybridized carbons (Fsp3) is 0.600. The Labute approximate surface area is 115 Å².